The van der Waals surface area contributed by atoms with E-state index >= 15 is 0 Å². The maximum atomic E-state index is 12.0. The van der Waals surface area contributed by atoms with Crippen LogP contribution in [0.2, 0.25) is 0 Å². The molecule has 0 bridgehead atoms. The third kappa shape index (κ3) is 2.07. The van der Waals surface area contributed by atoms with Gasteiger partial charge in [0.05, 0.1) is 11.9 Å². The molecule has 0 aliphatic rings. The first-order valence-electron chi connectivity index (χ1n) is 4.49. The van der Waals surface area contributed by atoms with E-state index in [1.807, 2.05) is 0 Å². The quantitative estimate of drug-likeness (QED) is 0.767. The number of aryl methyl sites for hydroxylation is 1. The molecule has 1 aromatic heterocycles. The van der Waals surface area contributed by atoms with Crippen molar-refractivity contribution in [1.29, 1.82) is 0 Å². The molecule has 0 saturated heterocycles. The van der Waals surface area contributed by atoms with Crippen molar-refractivity contribution in [2.24, 2.45) is 0 Å². The number of H-pyrrole nitrogens is 1. The molecule has 1 atom stereocenters. The molecule has 0 spiro atoms. The Labute approximate surface area is 93.1 Å². The number of sulfonamides is 1. The number of rotatable bonds is 4. The molecule has 1 heterocycles. The van der Waals surface area contributed by atoms with Gasteiger partial charge in [-0.2, -0.15) is 9.40 Å². The fraction of sp³-hybridized carbons (Fsp3) is 0.500. The summed E-state index contributed by atoms with van der Waals surface area (Å²) in [5, 5.41) is 14.8. The molecule has 7 nitrogen and oxygen atoms in total. The average molecular weight is 247 g/mol. The van der Waals surface area contributed by atoms with Gasteiger partial charge in [0, 0.05) is 7.05 Å². The van der Waals surface area contributed by atoms with Crippen LogP contribution in [0.5, 0.6) is 0 Å². The van der Waals surface area contributed by atoms with E-state index in [2.05, 4.69) is 10.2 Å². The highest BCUT2D eigenvalue weighted by molar-refractivity contribution is 7.89. The highest BCUT2D eigenvalue weighted by Crippen LogP contribution is 2.18. The molecule has 1 unspecified atom stereocenters. The van der Waals surface area contributed by atoms with Crippen LogP contribution in [-0.4, -0.2) is 47.1 Å². The molecule has 0 aromatic carbocycles. The first-order chi connectivity index (χ1) is 7.28. The van der Waals surface area contributed by atoms with Gasteiger partial charge in [-0.25, -0.2) is 8.42 Å². The van der Waals surface area contributed by atoms with E-state index < -0.39 is 22.0 Å². The lowest BCUT2D eigenvalue weighted by molar-refractivity contribution is -0.140. The zero-order chi connectivity index (χ0) is 12.5. The van der Waals surface area contributed by atoms with Crippen LogP contribution in [-0.2, 0) is 14.8 Å². The van der Waals surface area contributed by atoms with Gasteiger partial charge in [0.2, 0.25) is 10.0 Å². The number of nitrogens with zero attached hydrogens (tertiary/aromatic N) is 2. The van der Waals surface area contributed by atoms with Gasteiger partial charge >= 0.3 is 5.97 Å². The molecule has 2 N–H and O–H groups in total. The van der Waals surface area contributed by atoms with Crippen LogP contribution in [0.25, 0.3) is 0 Å². The van der Waals surface area contributed by atoms with Crippen molar-refractivity contribution in [3.8, 4) is 0 Å². The number of aliphatic carboxylic acids is 1. The SMILES string of the molecule is Cc1[nH]ncc1S(=O)(=O)N(C)C(C)C(=O)O. The predicted molar refractivity (Wildman–Crippen MR) is 55.4 cm³/mol. The van der Waals surface area contributed by atoms with Gasteiger partial charge in [0.25, 0.3) is 0 Å². The second kappa shape index (κ2) is 4.22. The molecular formula is C8H13N3O4S. The summed E-state index contributed by atoms with van der Waals surface area (Å²) in [6.45, 7) is 2.86. The average Bonchev–Trinajstić information content (AvgIpc) is 2.62. The van der Waals surface area contributed by atoms with Gasteiger partial charge < -0.3 is 5.11 Å². The maximum Gasteiger partial charge on any atom is 0.321 e. The van der Waals surface area contributed by atoms with Crippen LogP contribution in [0, 0.1) is 6.92 Å². The Hall–Kier alpha value is -1.41. The summed E-state index contributed by atoms with van der Waals surface area (Å²) >= 11 is 0. The lowest BCUT2D eigenvalue weighted by atomic mass is 10.4. The number of hydrogen-bond acceptors (Lipinski definition) is 4. The summed E-state index contributed by atoms with van der Waals surface area (Å²) in [6.07, 6.45) is 1.16. The highest BCUT2D eigenvalue weighted by Gasteiger charge is 2.31. The minimum Gasteiger partial charge on any atom is -0.480 e. The fourth-order valence-corrected chi connectivity index (χ4v) is 2.55. The Morgan fingerprint density at radius 1 is 1.62 bits per heavy atom. The Morgan fingerprint density at radius 3 is 2.56 bits per heavy atom. The fourth-order valence-electron chi connectivity index (χ4n) is 1.12. The summed E-state index contributed by atoms with van der Waals surface area (Å²) < 4.78 is 24.7. The van der Waals surface area contributed by atoms with Gasteiger partial charge in [0.1, 0.15) is 10.9 Å². The number of carboxylic acids is 1. The summed E-state index contributed by atoms with van der Waals surface area (Å²) in [7, 11) is -2.59. The molecule has 0 aliphatic heterocycles. The number of carbonyl (C=O) groups is 1. The highest BCUT2D eigenvalue weighted by atomic mass is 32.2. The number of aromatic nitrogens is 2. The normalized spacial score (nSPS) is 14.0. The second-order valence-electron chi connectivity index (χ2n) is 3.39. The van der Waals surface area contributed by atoms with Crippen LogP contribution >= 0.6 is 0 Å². The number of aromatic amines is 1. The minimum absolute atomic E-state index is 0.0110. The van der Waals surface area contributed by atoms with E-state index in [9.17, 15) is 13.2 Å². The molecule has 16 heavy (non-hydrogen) atoms. The standard InChI is InChI=1S/C8H13N3O4S/c1-5-7(4-9-10-5)16(14,15)11(3)6(2)8(12)13/h4,6H,1-3H3,(H,9,10)(H,12,13). The summed E-state index contributed by atoms with van der Waals surface area (Å²) in [6, 6.07) is -1.13. The van der Waals surface area contributed by atoms with E-state index in [4.69, 9.17) is 5.11 Å². The van der Waals surface area contributed by atoms with Crippen molar-refractivity contribution in [2.75, 3.05) is 7.05 Å². The number of hydrogen-bond donors (Lipinski definition) is 2. The lowest BCUT2D eigenvalue weighted by Crippen LogP contribution is -2.40. The minimum atomic E-state index is -3.81. The van der Waals surface area contributed by atoms with Gasteiger partial charge in [-0.1, -0.05) is 0 Å². The summed E-state index contributed by atoms with van der Waals surface area (Å²) in [5.41, 5.74) is 0.379. The van der Waals surface area contributed by atoms with E-state index in [0.29, 0.717) is 5.69 Å². The molecule has 0 amide bonds. The van der Waals surface area contributed by atoms with Crippen molar-refractivity contribution in [3.63, 3.8) is 0 Å². The van der Waals surface area contributed by atoms with Gasteiger partial charge in [-0.15, -0.1) is 0 Å². The summed E-state index contributed by atoms with van der Waals surface area (Å²) in [4.78, 5) is 10.7. The molecule has 0 radical (unpaired) electrons. The molecule has 1 rings (SSSR count). The largest absolute Gasteiger partial charge is 0.480 e. The number of nitrogens with one attached hydrogen (secondary N) is 1. The van der Waals surface area contributed by atoms with E-state index in [0.717, 1.165) is 10.5 Å². The third-order valence-corrected chi connectivity index (χ3v) is 4.39. The number of carboxylic acid groups (broad SMARTS) is 1. The smallest absolute Gasteiger partial charge is 0.321 e. The molecule has 0 fully saturated rings. The molecular weight excluding hydrogens is 234 g/mol. The lowest BCUT2D eigenvalue weighted by Gasteiger charge is -2.20. The number of likely N-dealkylation sites (N-methyl/N-ethyl adjacent to an activating group) is 1. The third-order valence-electron chi connectivity index (χ3n) is 2.34. The van der Waals surface area contributed by atoms with Crippen LogP contribution in [0.1, 0.15) is 12.6 Å². The van der Waals surface area contributed by atoms with Crippen LogP contribution in [0.3, 0.4) is 0 Å². The van der Waals surface area contributed by atoms with Crippen molar-refractivity contribution < 1.29 is 18.3 Å². The summed E-state index contributed by atoms with van der Waals surface area (Å²) in [5.74, 6) is -1.20. The Kier molecular flexibility index (Phi) is 3.34. The molecule has 8 heteroatoms. The first kappa shape index (κ1) is 12.7. The van der Waals surface area contributed by atoms with E-state index in [1.165, 1.54) is 14.0 Å². The van der Waals surface area contributed by atoms with Gasteiger partial charge in [0.15, 0.2) is 0 Å². The predicted octanol–water partition coefficient (Wildman–Crippen LogP) is -0.188. The van der Waals surface area contributed by atoms with Crippen LogP contribution < -0.4 is 0 Å². The Balaban J connectivity index is 3.13. The molecule has 1 aromatic rings. The zero-order valence-electron chi connectivity index (χ0n) is 9.13. The van der Waals surface area contributed by atoms with Gasteiger partial charge in [-0.05, 0) is 13.8 Å². The zero-order valence-corrected chi connectivity index (χ0v) is 9.95. The van der Waals surface area contributed by atoms with E-state index in [1.54, 1.807) is 6.92 Å². The second-order valence-corrected chi connectivity index (χ2v) is 5.36. The topological polar surface area (TPSA) is 103 Å². The maximum absolute atomic E-state index is 12.0. The van der Waals surface area contributed by atoms with Crippen LogP contribution in [0.15, 0.2) is 11.1 Å². The van der Waals surface area contributed by atoms with Crippen molar-refractivity contribution in [1.82, 2.24) is 14.5 Å². The first-order valence-corrected chi connectivity index (χ1v) is 5.93. The van der Waals surface area contributed by atoms with Gasteiger partial charge in [-0.3, -0.25) is 9.89 Å². The van der Waals surface area contributed by atoms with Crippen molar-refractivity contribution >= 4 is 16.0 Å². The monoisotopic (exact) mass is 247 g/mol. The Morgan fingerprint density at radius 2 is 2.19 bits per heavy atom. The Bertz CT molecular complexity index is 493. The van der Waals surface area contributed by atoms with Crippen molar-refractivity contribution in [2.45, 2.75) is 24.8 Å². The van der Waals surface area contributed by atoms with Crippen molar-refractivity contribution in [3.05, 3.63) is 11.9 Å². The van der Waals surface area contributed by atoms with E-state index in [-0.39, 0.29) is 4.90 Å². The molecule has 90 valence electrons. The molecule has 0 saturated carbocycles. The molecule has 0 aliphatic carbocycles. The van der Waals surface area contributed by atoms with Crippen LogP contribution in [0.4, 0.5) is 0 Å².